The van der Waals surface area contributed by atoms with Gasteiger partial charge in [0.05, 0.1) is 11.3 Å². The van der Waals surface area contributed by atoms with Gasteiger partial charge in [0.25, 0.3) is 5.91 Å². The highest BCUT2D eigenvalue weighted by Gasteiger charge is 2.35. The molecular weight excluding hydrogens is 258 g/mol. The number of piperazine rings is 1. The lowest BCUT2D eigenvalue weighted by molar-refractivity contribution is -0.126. The van der Waals surface area contributed by atoms with Crippen molar-refractivity contribution in [3.8, 4) is 0 Å². The number of rotatable bonds is 2. The van der Waals surface area contributed by atoms with Crippen LogP contribution in [-0.4, -0.2) is 71.2 Å². The van der Waals surface area contributed by atoms with Gasteiger partial charge in [-0.1, -0.05) is 0 Å². The van der Waals surface area contributed by atoms with Crippen molar-refractivity contribution in [1.82, 2.24) is 24.9 Å². The third-order valence-electron chi connectivity index (χ3n) is 3.64. The molecule has 2 heterocycles. The minimum Gasteiger partial charge on any atom is -0.357 e. The number of hydrogen-bond donors (Lipinski definition) is 1. The zero-order valence-electron chi connectivity index (χ0n) is 12.4. The molecule has 0 bridgehead atoms. The highest BCUT2D eigenvalue weighted by Crippen LogP contribution is 2.15. The molecule has 2 amide bonds. The van der Waals surface area contributed by atoms with Crippen molar-refractivity contribution in [2.45, 2.75) is 13.0 Å². The summed E-state index contributed by atoms with van der Waals surface area (Å²) < 4.78 is 1.62. The van der Waals surface area contributed by atoms with E-state index in [1.165, 1.54) is 0 Å². The van der Waals surface area contributed by atoms with E-state index in [0.717, 1.165) is 6.54 Å². The van der Waals surface area contributed by atoms with E-state index in [9.17, 15) is 9.59 Å². The first-order chi connectivity index (χ1) is 9.43. The number of carbonyl (C=O) groups is 2. The Hall–Kier alpha value is -1.89. The molecule has 0 aromatic carbocycles. The Morgan fingerprint density at radius 3 is 2.60 bits per heavy atom. The Kier molecular flexibility index (Phi) is 4.08. The van der Waals surface area contributed by atoms with Crippen molar-refractivity contribution >= 4 is 11.8 Å². The van der Waals surface area contributed by atoms with Crippen molar-refractivity contribution in [2.24, 2.45) is 7.05 Å². The third kappa shape index (κ3) is 2.67. The van der Waals surface area contributed by atoms with Gasteiger partial charge in [-0.2, -0.15) is 5.10 Å². The molecule has 1 unspecified atom stereocenters. The largest absolute Gasteiger partial charge is 0.357 e. The van der Waals surface area contributed by atoms with Crippen molar-refractivity contribution < 1.29 is 9.59 Å². The van der Waals surface area contributed by atoms with Crippen LogP contribution in [0.4, 0.5) is 0 Å². The molecule has 0 aliphatic carbocycles. The number of carbonyl (C=O) groups excluding carboxylic acids is 2. The highest BCUT2D eigenvalue weighted by atomic mass is 16.2. The molecule has 7 heteroatoms. The van der Waals surface area contributed by atoms with E-state index in [1.54, 1.807) is 36.8 Å². The maximum atomic E-state index is 12.6. The molecular formula is C13H21N5O2. The van der Waals surface area contributed by atoms with Crippen LogP contribution in [0.15, 0.2) is 6.20 Å². The summed E-state index contributed by atoms with van der Waals surface area (Å²) in [5.74, 6) is -0.260. The summed E-state index contributed by atoms with van der Waals surface area (Å²) in [7, 11) is 5.33. The van der Waals surface area contributed by atoms with E-state index in [0.29, 0.717) is 24.3 Å². The van der Waals surface area contributed by atoms with E-state index >= 15 is 0 Å². The highest BCUT2D eigenvalue weighted by molar-refractivity contribution is 5.98. The predicted octanol–water partition coefficient (Wildman–Crippen LogP) is -0.769. The number of likely N-dealkylation sites (N-methyl/N-ethyl adjacent to an activating group) is 2. The average molecular weight is 279 g/mol. The summed E-state index contributed by atoms with van der Waals surface area (Å²) in [4.78, 5) is 28.3. The second-order valence-electron chi connectivity index (χ2n) is 5.19. The van der Waals surface area contributed by atoms with Crippen molar-refractivity contribution in [3.05, 3.63) is 17.5 Å². The maximum Gasteiger partial charge on any atom is 0.258 e. The van der Waals surface area contributed by atoms with E-state index < -0.39 is 6.04 Å². The van der Waals surface area contributed by atoms with Crippen LogP contribution in [0.25, 0.3) is 0 Å². The Bertz CT molecular complexity index is 525. The van der Waals surface area contributed by atoms with Crippen LogP contribution in [0.5, 0.6) is 0 Å². The first-order valence-corrected chi connectivity index (χ1v) is 6.65. The molecule has 1 aliphatic rings. The zero-order valence-corrected chi connectivity index (χ0v) is 12.4. The molecule has 1 saturated heterocycles. The summed E-state index contributed by atoms with van der Waals surface area (Å²) >= 11 is 0. The van der Waals surface area contributed by atoms with Crippen molar-refractivity contribution in [2.75, 3.05) is 33.7 Å². The van der Waals surface area contributed by atoms with E-state index in [-0.39, 0.29) is 11.8 Å². The molecule has 0 saturated carbocycles. The van der Waals surface area contributed by atoms with Crippen LogP contribution in [0.2, 0.25) is 0 Å². The molecule has 0 spiro atoms. The van der Waals surface area contributed by atoms with Gasteiger partial charge in [-0.25, -0.2) is 0 Å². The van der Waals surface area contributed by atoms with Crippen molar-refractivity contribution in [1.29, 1.82) is 0 Å². The lowest BCUT2D eigenvalue weighted by Crippen LogP contribution is -2.59. The monoisotopic (exact) mass is 279 g/mol. The fraction of sp³-hybridized carbons (Fsp3) is 0.615. The number of aryl methyl sites for hydroxylation is 2. The van der Waals surface area contributed by atoms with E-state index in [1.807, 2.05) is 7.05 Å². The normalized spacial score (nSPS) is 20.0. The first kappa shape index (κ1) is 14.5. The molecule has 0 radical (unpaired) electrons. The SMILES string of the molecule is CNC(=O)C1CN(C)CCN1C(=O)c1cn(C)nc1C. The van der Waals surface area contributed by atoms with Gasteiger partial charge in [0.1, 0.15) is 6.04 Å². The Morgan fingerprint density at radius 1 is 1.35 bits per heavy atom. The number of hydrogen-bond acceptors (Lipinski definition) is 4. The topological polar surface area (TPSA) is 70.5 Å². The lowest BCUT2D eigenvalue weighted by Gasteiger charge is -2.38. The maximum absolute atomic E-state index is 12.6. The van der Waals surface area contributed by atoms with Crippen LogP contribution < -0.4 is 5.32 Å². The van der Waals surface area contributed by atoms with Gasteiger partial charge in [0.2, 0.25) is 5.91 Å². The van der Waals surface area contributed by atoms with Crippen LogP contribution >= 0.6 is 0 Å². The quantitative estimate of drug-likeness (QED) is 0.772. The van der Waals surface area contributed by atoms with Gasteiger partial charge >= 0.3 is 0 Å². The molecule has 1 aromatic heterocycles. The van der Waals surface area contributed by atoms with Crippen LogP contribution in [-0.2, 0) is 11.8 Å². The molecule has 1 N–H and O–H groups in total. The zero-order chi connectivity index (χ0) is 14.9. The van der Waals surface area contributed by atoms with Gasteiger partial charge < -0.3 is 15.1 Å². The smallest absolute Gasteiger partial charge is 0.258 e. The fourth-order valence-corrected chi connectivity index (χ4v) is 2.52. The lowest BCUT2D eigenvalue weighted by atomic mass is 10.1. The number of aromatic nitrogens is 2. The number of amides is 2. The second kappa shape index (κ2) is 5.62. The van der Waals surface area contributed by atoms with Crippen LogP contribution in [0.1, 0.15) is 16.1 Å². The molecule has 1 atom stereocenters. The summed E-state index contributed by atoms with van der Waals surface area (Å²) in [6.45, 7) is 3.66. The Balaban J connectivity index is 2.26. The third-order valence-corrected chi connectivity index (χ3v) is 3.64. The van der Waals surface area contributed by atoms with Gasteiger partial charge in [-0.3, -0.25) is 14.3 Å². The summed E-state index contributed by atoms with van der Waals surface area (Å²) in [6, 6.07) is -0.453. The molecule has 110 valence electrons. The molecule has 1 fully saturated rings. The Labute approximate surface area is 118 Å². The number of nitrogens with zero attached hydrogens (tertiary/aromatic N) is 4. The molecule has 7 nitrogen and oxygen atoms in total. The second-order valence-corrected chi connectivity index (χ2v) is 5.19. The van der Waals surface area contributed by atoms with E-state index in [4.69, 9.17) is 0 Å². The van der Waals surface area contributed by atoms with Crippen LogP contribution in [0.3, 0.4) is 0 Å². The molecule has 1 aromatic rings. The fourth-order valence-electron chi connectivity index (χ4n) is 2.52. The molecule has 20 heavy (non-hydrogen) atoms. The van der Waals surface area contributed by atoms with Gasteiger partial charge in [-0.05, 0) is 14.0 Å². The summed E-state index contributed by atoms with van der Waals surface area (Å²) in [6.07, 6.45) is 1.71. The average Bonchev–Trinajstić information content (AvgIpc) is 2.76. The minimum absolute atomic E-state index is 0.127. The predicted molar refractivity (Wildman–Crippen MR) is 74.3 cm³/mol. The number of nitrogens with one attached hydrogen (secondary N) is 1. The van der Waals surface area contributed by atoms with Gasteiger partial charge in [0.15, 0.2) is 0 Å². The summed E-state index contributed by atoms with van der Waals surface area (Å²) in [5.41, 5.74) is 1.25. The van der Waals surface area contributed by atoms with Crippen LogP contribution in [0, 0.1) is 6.92 Å². The van der Waals surface area contributed by atoms with Gasteiger partial charge in [-0.15, -0.1) is 0 Å². The minimum atomic E-state index is -0.453. The van der Waals surface area contributed by atoms with Gasteiger partial charge in [0, 0.05) is 39.9 Å². The molecule has 1 aliphatic heterocycles. The molecule has 2 rings (SSSR count). The summed E-state index contributed by atoms with van der Waals surface area (Å²) in [5, 5.41) is 6.82. The Morgan fingerprint density at radius 2 is 2.05 bits per heavy atom. The first-order valence-electron chi connectivity index (χ1n) is 6.65. The van der Waals surface area contributed by atoms with Crippen molar-refractivity contribution in [3.63, 3.8) is 0 Å². The van der Waals surface area contributed by atoms with E-state index in [2.05, 4.69) is 15.3 Å². The standard InChI is InChI=1S/C13H21N5O2/c1-9-10(7-17(4)15-9)13(20)18-6-5-16(3)8-11(18)12(19)14-2/h7,11H,5-6,8H2,1-4H3,(H,14,19).